The molecule has 11 heteroatoms. The van der Waals surface area contributed by atoms with E-state index < -0.39 is 23.3 Å². The van der Waals surface area contributed by atoms with Crippen LogP contribution in [0.5, 0.6) is 0 Å². The first kappa shape index (κ1) is 21.4. The molecule has 0 aliphatic heterocycles. The molecule has 164 valence electrons. The predicted octanol–water partition coefficient (Wildman–Crippen LogP) is 5.02. The molecular formula is C21H13ClF3N3O4. The Hall–Kier alpha value is -3.79. The van der Waals surface area contributed by atoms with Crippen LogP contribution < -0.4 is 10.9 Å². The number of aliphatic carboxylic acids is 1. The van der Waals surface area contributed by atoms with Gasteiger partial charge in [-0.3, -0.25) is 14.2 Å². The van der Waals surface area contributed by atoms with Crippen molar-refractivity contribution in [2.75, 3.05) is 5.32 Å². The van der Waals surface area contributed by atoms with Crippen LogP contribution in [-0.4, -0.2) is 20.6 Å². The highest BCUT2D eigenvalue weighted by molar-refractivity contribution is 6.33. The minimum absolute atomic E-state index is 0.0850. The number of anilines is 2. The number of carbonyl (C=O) groups is 1. The van der Waals surface area contributed by atoms with Gasteiger partial charge in [0.1, 0.15) is 5.58 Å². The Balaban J connectivity index is 1.67. The summed E-state index contributed by atoms with van der Waals surface area (Å²) in [6.07, 6.45) is -0.663. The number of nitrogens with one attached hydrogen (secondary N) is 1. The molecule has 7 nitrogen and oxygen atoms in total. The second-order valence-electron chi connectivity index (χ2n) is 6.78. The van der Waals surface area contributed by atoms with Crippen LogP contribution in [0.4, 0.5) is 24.7 Å². The molecule has 2 heterocycles. The molecule has 0 bridgehead atoms. The Labute approximate surface area is 182 Å². The maximum atomic E-state index is 12.9. The van der Waals surface area contributed by atoms with Crippen molar-refractivity contribution in [2.45, 2.75) is 12.6 Å². The molecular weight excluding hydrogens is 451 g/mol. The summed E-state index contributed by atoms with van der Waals surface area (Å²) in [6.45, 7) is 0. The largest absolute Gasteiger partial charge is 0.481 e. The molecule has 4 aromatic rings. The zero-order valence-electron chi connectivity index (χ0n) is 16.0. The molecule has 0 spiro atoms. The smallest absolute Gasteiger partial charge is 0.416 e. The van der Waals surface area contributed by atoms with Crippen molar-refractivity contribution in [1.82, 2.24) is 9.55 Å². The van der Waals surface area contributed by atoms with Crippen LogP contribution in [-0.2, 0) is 17.4 Å². The molecule has 0 unspecified atom stereocenters. The molecule has 0 atom stereocenters. The van der Waals surface area contributed by atoms with Gasteiger partial charge in [-0.05, 0) is 30.3 Å². The van der Waals surface area contributed by atoms with Crippen LogP contribution in [0.2, 0.25) is 5.02 Å². The Bertz CT molecular complexity index is 1400. The van der Waals surface area contributed by atoms with E-state index >= 15 is 0 Å². The van der Waals surface area contributed by atoms with Crippen LogP contribution in [0, 0.1) is 0 Å². The topological polar surface area (TPSA) is 97.4 Å². The number of rotatable bonds is 5. The summed E-state index contributed by atoms with van der Waals surface area (Å²) in [4.78, 5) is 27.8. The van der Waals surface area contributed by atoms with Gasteiger partial charge < -0.3 is 14.8 Å². The van der Waals surface area contributed by atoms with Crippen LogP contribution in [0.15, 0.2) is 64.3 Å². The van der Waals surface area contributed by atoms with Gasteiger partial charge in [0.05, 0.1) is 34.6 Å². The molecule has 0 saturated heterocycles. The number of nitrogens with zero attached hydrogens (tertiary/aromatic N) is 2. The van der Waals surface area contributed by atoms with Crippen molar-refractivity contribution in [2.24, 2.45) is 0 Å². The van der Waals surface area contributed by atoms with Gasteiger partial charge in [0.2, 0.25) is 0 Å². The number of alkyl halides is 3. The minimum atomic E-state index is -4.55. The number of hydrogen-bond donors (Lipinski definition) is 2. The molecule has 2 N–H and O–H groups in total. The lowest BCUT2D eigenvalue weighted by molar-refractivity contribution is -0.138. The van der Waals surface area contributed by atoms with E-state index in [0.717, 1.165) is 18.2 Å². The summed E-state index contributed by atoms with van der Waals surface area (Å²) < 4.78 is 45.1. The van der Waals surface area contributed by atoms with Gasteiger partial charge in [0, 0.05) is 29.4 Å². The Morgan fingerprint density at radius 3 is 2.69 bits per heavy atom. The van der Waals surface area contributed by atoms with Crippen LogP contribution in [0.25, 0.3) is 16.7 Å². The second-order valence-corrected chi connectivity index (χ2v) is 7.19. The highest BCUT2D eigenvalue weighted by Gasteiger charge is 2.31. The third-order valence-electron chi connectivity index (χ3n) is 4.65. The van der Waals surface area contributed by atoms with Crippen molar-refractivity contribution in [3.05, 3.63) is 81.6 Å². The average Bonchev–Trinajstić information content (AvgIpc) is 3.11. The van der Waals surface area contributed by atoms with Gasteiger partial charge in [0.25, 0.3) is 5.56 Å². The van der Waals surface area contributed by atoms with Crippen molar-refractivity contribution in [1.29, 1.82) is 0 Å². The number of halogens is 4. The molecule has 0 radical (unpaired) electrons. The Morgan fingerprint density at radius 1 is 1.22 bits per heavy atom. The standard InChI is InChI=1S/C21H13ClF3N3O4/c22-15-8-12(21(23,24)25)1-4-16(15)27-19-20(31)28(6-5-26-19)13-2-3-14-11(7-18(29)30)10-32-17(14)9-13/h1-6,8-10H,7H2,(H,26,27)(H,29,30). The van der Waals surface area contributed by atoms with Crippen molar-refractivity contribution in [3.8, 4) is 5.69 Å². The predicted molar refractivity (Wildman–Crippen MR) is 111 cm³/mol. The van der Waals surface area contributed by atoms with E-state index in [2.05, 4.69) is 10.3 Å². The van der Waals surface area contributed by atoms with E-state index in [4.69, 9.17) is 21.1 Å². The van der Waals surface area contributed by atoms with E-state index in [1.165, 1.54) is 23.2 Å². The number of aromatic nitrogens is 2. The third kappa shape index (κ3) is 4.17. The summed E-state index contributed by atoms with van der Waals surface area (Å²) >= 11 is 5.94. The SMILES string of the molecule is O=C(O)Cc1coc2cc(-n3ccnc(Nc4ccc(C(F)(F)F)cc4Cl)c3=O)ccc12. The first-order valence-electron chi connectivity index (χ1n) is 9.07. The second kappa shape index (κ2) is 8.04. The highest BCUT2D eigenvalue weighted by atomic mass is 35.5. The van der Waals surface area contributed by atoms with E-state index in [1.54, 1.807) is 18.2 Å². The van der Waals surface area contributed by atoms with E-state index in [9.17, 15) is 22.8 Å². The molecule has 0 saturated carbocycles. The molecule has 4 rings (SSSR count). The summed E-state index contributed by atoms with van der Waals surface area (Å²) in [5, 5.41) is 12.0. The number of fused-ring (bicyclic) bond motifs is 1. The lowest BCUT2D eigenvalue weighted by Crippen LogP contribution is -2.21. The number of carboxylic acid groups (broad SMARTS) is 1. The molecule has 0 aliphatic carbocycles. The molecule has 2 aromatic carbocycles. The minimum Gasteiger partial charge on any atom is -0.481 e. The summed E-state index contributed by atoms with van der Waals surface area (Å²) in [6, 6.07) is 7.53. The molecule has 32 heavy (non-hydrogen) atoms. The zero-order chi connectivity index (χ0) is 23.0. The van der Waals surface area contributed by atoms with E-state index in [1.807, 2.05) is 0 Å². The Kier molecular flexibility index (Phi) is 5.39. The van der Waals surface area contributed by atoms with Crippen LogP contribution in [0.1, 0.15) is 11.1 Å². The van der Waals surface area contributed by atoms with Crippen molar-refractivity contribution < 1.29 is 27.5 Å². The highest BCUT2D eigenvalue weighted by Crippen LogP contribution is 2.34. The maximum Gasteiger partial charge on any atom is 0.416 e. The van der Waals surface area contributed by atoms with E-state index in [-0.39, 0.29) is 22.9 Å². The van der Waals surface area contributed by atoms with Crippen LogP contribution in [0.3, 0.4) is 0 Å². The van der Waals surface area contributed by atoms with Gasteiger partial charge in [-0.2, -0.15) is 13.2 Å². The fraction of sp³-hybridized carbons (Fsp3) is 0.0952. The quantitative estimate of drug-likeness (QED) is 0.431. The monoisotopic (exact) mass is 463 g/mol. The molecule has 0 amide bonds. The summed E-state index contributed by atoms with van der Waals surface area (Å²) in [5.74, 6) is -1.15. The molecule has 2 aromatic heterocycles. The van der Waals surface area contributed by atoms with Crippen molar-refractivity contribution >= 4 is 40.0 Å². The van der Waals surface area contributed by atoms with Gasteiger partial charge in [0.15, 0.2) is 5.82 Å². The molecule has 0 fully saturated rings. The van der Waals surface area contributed by atoms with Crippen LogP contribution >= 0.6 is 11.6 Å². The fourth-order valence-corrected chi connectivity index (χ4v) is 3.37. The normalized spacial score (nSPS) is 11.6. The lowest BCUT2D eigenvalue weighted by atomic mass is 10.1. The van der Waals surface area contributed by atoms with Gasteiger partial charge >= 0.3 is 12.1 Å². The first-order valence-corrected chi connectivity index (χ1v) is 9.45. The van der Waals surface area contributed by atoms with E-state index in [0.29, 0.717) is 22.2 Å². The summed E-state index contributed by atoms with van der Waals surface area (Å²) in [5.41, 5.74) is -0.103. The lowest BCUT2D eigenvalue weighted by Gasteiger charge is -2.12. The van der Waals surface area contributed by atoms with Crippen molar-refractivity contribution in [3.63, 3.8) is 0 Å². The van der Waals surface area contributed by atoms with Gasteiger partial charge in [-0.25, -0.2) is 4.98 Å². The number of carboxylic acids is 1. The fourth-order valence-electron chi connectivity index (χ4n) is 3.14. The first-order chi connectivity index (χ1) is 15.1. The Morgan fingerprint density at radius 2 is 2.00 bits per heavy atom. The van der Waals surface area contributed by atoms with Gasteiger partial charge in [-0.15, -0.1) is 0 Å². The molecule has 0 aliphatic rings. The average molecular weight is 464 g/mol. The summed E-state index contributed by atoms with van der Waals surface area (Å²) in [7, 11) is 0. The number of hydrogen-bond acceptors (Lipinski definition) is 5. The third-order valence-corrected chi connectivity index (χ3v) is 4.96. The number of furan rings is 1. The maximum absolute atomic E-state index is 12.9. The number of benzene rings is 2. The van der Waals surface area contributed by atoms with Gasteiger partial charge in [-0.1, -0.05) is 11.6 Å². The zero-order valence-corrected chi connectivity index (χ0v) is 16.7.